The topological polar surface area (TPSA) is 73.2 Å². The molecule has 2 amide bonds. The van der Waals surface area contributed by atoms with Crippen LogP contribution < -0.4 is 5.32 Å². The first-order chi connectivity index (χ1) is 12.2. The Balaban J connectivity index is 1.79. The summed E-state index contributed by atoms with van der Waals surface area (Å²) in [6.07, 6.45) is 2.04. The summed E-state index contributed by atoms with van der Waals surface area (Å²) in [6, 6.07) is 16.4. The van der Waals surface area contributed by atoms with E-state index in [0.29, 0.717) is 22.3 Å². The van der Waals surface area contributed by atoms with Crippen LogP contribution in [0, 0.1) is 11.3 Å². The van der Waals surface area contributed by atoms with Crippen molar-refractivity contribution in [3.8, 4) is 17.2 Å². The van der Waals surface area contributed by atoms with Gasteiger partial charge in [-0.15, -0.1) is 0 Å². The van der Waals surface area contributed by atoms with Crippen molar-refractivity contribution in [3.05, 3.63) is 59.7 Å². The van der Waals surface area contributed by atoms with E-state index in [9.17, 15) is 14.9 Å². The Bertz CT molecular complexity index is 833. The van der Waals surface area contributed by atoms with Crippen LogP contribution in [0.25, 0.3) is 11.1 Å². The molecule has 0 saturated carbocycles. The van der Waals surface area contributed by atoms with E-state index in [2.05, 4.69) is 11.4 Å². The molecular weight excluding hydrogens is 314 g/mol. The smallest absolute Gasteiger partial charge is 0.252 e. The van der Waals surface area contributed by atoms with Crippen molar-refractivity contribution in [2.45, 2.75) is 12.8 Å². The van der Waals surface area contributed by atoms with Gasteiger partial charge in [0.05, 0.1) is 18.2 Å². The first kappa shape index (κ1) is 16.7. The van der Waals surface area contributed by atoms with Crippen LogP contribution in [0.1, 0.15) is 28.8 Å². The van der Waals surface area contributed by atoms with E-state index in [1.807, 2.05) is 24.3 Å². The number of carbonyl (C=O) groups excluding carboxylic acids is 2. The predicted molar refractivity (Wildman–Crippen MR) is 94.7 cm³/mol. The van der Waals surface area contributed by atoms with Gasteiger partial charge in [0.25, 0.3) is 5.91 Å². The van der Waals surface area contributed by atoms with Crippen molar-refractivity contribution in [3.63, 3.8) is 0 Å². The van der Waals surface area contributed by atoms with Crippen LogP contribution in [0.4, 0.5) is 0 Å². The van der Waals surface area contributed by atoms with E-state index < -0.39 is 0 Å². The highest BCUT2D eigenvalue weighted by atomic mass is 16.2. The van der Waals surface area contributed by atoms with Crippen molar-refractivity contribution in [2.24, 2.45) is 0 Å². The maximum atomic E-state index is 12.6. The molecule has 0 atom stereocenters. The zero-order chi connectivity index (χ0) is 17.6. The average molecular weight is 333 g/mol. The van der Waals surface area contributed by atoms with E-state index >= 15 is 0 Å². The third-order valence-electron chi connectivity index (χ3n) is 4.37. The van der Waals surface area contributed by atoms with Crippen molar-refractivity contribution >= 4 is 11.8 Å². The molecule has 5 heteroatoms. The standard InChI is InChI=1S/C20H19N3O2/c21-13-15-7-1-2-8-16(15)17-9-3-4-10-18(17)20(25)22-14-19(24)23-11-5-6-12-23/h1-4,7-10H,5-6,11-12,14H2,(H,22,25). The number of benzene rings is 2. The Labute approximate surface area is 146 Å². The van der Waals surface area contributed by atoms with E-state index in [4.69, 9.17) is 0 Å². The van der Waals surface area contributed by atoms with Crippen LogP contribution in [0.2, 0.25) is 0 Å². The van der Waals surface area contributed by atoms with Crippen LogP contribution in [-0.4, -0.2) is 36.3 Å². The van der Waals surface area contributed by atoms with Gasteiger partial charge in [-0.05, 0) is 30.5 Å². The molecule has 25 heavy (non-hydrogen) atoms. The Morgan fingerprint density at radius 2 is 1.64 bits per heavy atom. The molecule has 1 N–H and O–H groups in total. The van der Waals surface area contributed by atoms with E-state index in [0.717, 1.165) is 25.9 Å². The Morgan fingerprint density at radius 3 is 2.36 bits per heavy atom. The molecule has 0 bridgehead atoms. The van der Waals surface area contributed by atoms with Gasteiger partial charge in [0, 0.05) is 24.2 Å². The van der Waals surface area contributed by atoms with Crippen LogP contribution >= 0.6 is 0 Å². The van der Waals surface area contributed by atoms with Crippen LogP contribution in [-0.2, 0) is 4.79 Å². The molecule has 2 aromatic carbocycles. The minimum Gasteiger partial charge on any atom is -0.343 e. The molecule has 5 nitrogen and oxygen atoms in total. The highest BCUT2D eigenvalue weighted by Gasteiger charge is 2.20. The molecule has 0 radical (unpaired) electrons. The van der Waals surface area contributed by atoms with E-state index in [-0.39, 0.29) is 18.4 Å². The number of rotatable bonds is 4. The number of hydrogen-bond acceptors (Lipinski definition) is 3. The van der Waals surface area contributed by atoms with Crippen LogP contribution in [0.5, 0.6) is 0 Å². The first-order valence-corrected chi connectivity index (χ1v) is 8.35. The number of amides is 2. The van der Waals surface area contributed by atoms with Crippen molar-refractivity contribution in [1.82, 2.24) is 10.2 Å². The molecule has 1 aliphatic heterocycles. The minimum atomic E-state index is -0.309. The molecule has 1 aliphatic rings. The van der Waals surface area contributed by atoms with Gasteiger partial charge in [-0.25, -0.2) is 0 Å². The van der Waals surface area contributed by atoms with Crippen LogP contribution in [0.15, 0.2) is 48.5 Å². The normalized spacial score (nSPS) is 13.3. The number of hydrogen-bond donors (Lipinski definition) is 1. The second-order valence-corrected chi connectivity index (χ2v) is 5.97. The van der Waals surface area contributed by atoms with Gasteiger partial charge >= 0.3 is 0 Å². The predicted octanol–water partition coefficient (Wildman–Crippen LogP) is 2.58. The molecule has 1 heterocycles. The van der Waals surface area contributed by atoms with E-state index in [1.54, 1.807) is 29.2 Å². The summed E-state index contributed by atoms with van der Waals surface area (Å²) in [5, 5.41) is 12.0. The van der Waals surface area contributed by atoms with Crippen molar-refractivity contribution in [2.75, 3.05) is 19.6 Å². The summed E-state index contributed by atoms with van der Waals surface area (Å²) in [7, 11) is 0. The molecule has 1 fully saturated rings. The SMILES string of the molecule is N#Cc1ccccc1-c1ccccc1C(=O)NCC(=O)N1CCCC1. The molecule has 0 aromatic heterocycles. The quantitative estimate of drug-likeness (QED) is 0.934. The highest BCUT2D eigenvalue weighted by molar-refractivity contribution is 6.02. The molecular formula is C20H19N3O2. The summed E-state index contributed by atoms with van der Waals surface area (Å²) < 4.78 is 0. The molecule has 2 aromatic rings. The molecule has 1 saturated heterocycles. The zero-order valence-corrected chi connectivity index (χ0v) is 13.9. The Kier molecular flexibility index (Phi) is 5.10. The number of carbonyl (C=O) groups is 2. The zero-order valence-electron chi connectivity index (χ0n) is 13.9. The fourth-order valence-electron chi connectivity index (χ4n) is 3.06. The maximum Gasteiger partial charge on any atom is 0.252 e. The number of likely N-dealkylation sites (tertiary alicyclic amines) is 1. The van der Waals surface area contributed by atoms with Crippen LogP contribution in [0.3, 0.4) is 0 Å². The molecule has 0 aliphatic carbocycles. The van der Waals surface area contributed by atoms with Gasteiger partial charge in [-0.3, -0.25) is 9.59 Å². The summed E-state index contributed by atoms with van der Waals surface area (Å²) in [5.74, 6) is -0.364. The second kappa shape index (κ2) is 7.63. The lowest BCUT2D eigenvalue weighted by atomic mass is 9.95. The van der Waals surface area contributed by atoms with Gasteiger partial charge in [0.1, 0.15) is 0 Å². The Hall–Kier alpha value is -3.13. The third-order valence-corrected chi connectivity index (χ3v) is 4.37. The lowest BCUT2D eigenvalue weighted by Crippen LogP contribution is -2.38. The second-order valence-electron chi connectivity index (χ2n) is 5.97. The monoisotopic (exact) mass is 333 g/mol. The Morgan fingerprint density at radius 1 is 1.00 bits per heavy atom. The lowest BCUT2D eigenvalue weighted by molar-refractivity contribution is -0.129. The third kappa shape index (κ3) is 3.69. The average Bonchev–Trinajstić information content (AvgIpc) is 3.20. The molecule has 3 rings (SSSR count). The number of nitriles is 1. The van der Waals surface area contributed by atoms with E-state index in [1.165, 1.54) is 0 Å². The maximum absolute atomic E-state index is 12.6. The van der Waals surface area contributed by atoms with Gasteiger partial charge in [-0.1, -0.05) is 36.4 Å². The fourth-order valence-corrected chi connectivity index (χ4v) is 3.06. The summed E-state index contributed by atoms with van der Waals surface area (Å²) in [4.78, 5) is 26.5. The minimum absolute atomic E-state index is 0.00688. The summed E-state index contributed by atoms with van der Waals surface area (Å²) >= 11 is 0. The summed E-state index contributed by atoms with van der Waals surface area (Å²) in [6.45, 7) is 1.52. The highest BCUT2D eigenvalue weighted by Crippen LogP contribution is 2.26. The number of nitrogens with one attached hydrogen (secondary N) is 1. The lowest BCUT2D eigenvalue weighted by Gasteiger charge is -2.16. The molecule has 0 unspecified atom stereocenters. The number of nitrogens with zero attached hydrogens (tertiary/aromatic N) is 2. The van der Waals surface area contributed by atoms with Gasteiger partial charge in [0.2, 0.25) is 5.91 Å². The molecule has 126 valence electrons. The largest absolute Gasteiger partial charge is 0.343 e. The van der Waals surface area contributed by atoms with Crippen molar-refractivity contribution < 1.29 is 9.59 Å². The van der Waals surface area contributed by atoms with Crippen molar-refractivity contribution in [1.29, 1.82) is 5.26 Å². The summed E-state index contributed by atoms with van der Waals surface area (Å²) in [5.41, 5.74) is 2.36. The fraction of sp³-hybridized carbons (Fsp3) is 0.250. The van der Waals surface area contributed by atoms with Gasteiger partial charge in [0.15, 0.2) is 0 Å². The van der Waals surface area contributed by atoms with Gasteiger partial charge in [-0.2, -0.15) is 5.26 Å². The first-order valence-electron chi connectivity index (χ1n) is 8.35. The van der Waals surface area contributed by atoms with Gasteiger partial charge < -0.3 is 10.2 Å². The molecule has 0 spiro atoms.